The Morgan fingerprint density at radius 3 is 3.00 bits per heavy atom. The topological polar surface area (TPSA) is 88.5 Å². The molecule has 2 heterocycles. The highest BCUT2D eigenvalue weighted by Gasteiger charge is 2.13. The van der Waals surface area contributed by atoms with Gasteiger partial charge in [0.25, 0.3) is 0 Å². The van der Waals surface area contributed by atoms with Crippen molar-refractivity contribution >= 4 is 5.97 Å². The molecular weight excluding hydrogens is 236 g/mol. The van der Waals surface area contributed by atoms with E-state index in [1.807, 2.05) is 6.92 Å². The fraction of sp³-hybridized carbons (Fsp3) is 0.333. The number of carboxylic acids is 1. The molecule has 0 aromatic carbocycles. The second kappa shape index (κ2) is 5.50. The number of rotatable bonds is 6. The average Bonchev–Trinajstić information content (AvgIpc) is 2.97. The molecule has 0 bridgehead atoms. The molecule has 0 unspecified atom stereocenters. The molecular formula is C12H14N2O4. The average molecular weight is 250 g/mol. The molecule has 0 fully saturated rings. The Kier molecular flexibility index (Phi) is 3.78. The third kappa shape index (κ3) is 2.78. The summed E-state index contributed by atoms with van der Waals surface area (Å²) in [6.07, 6.45) is 3.86. The summed E-state index contributed by atoms with van der Waals surface area (Å²) in [6, 6.07) is 1.63. The maximum Gasteiger partial charge on any atom is 0.372 e. The maximum atomic E-state index is 10.8. The minimum absolute atomic E-state index is 0.0378. The first kappa shape index (κ1) is 12.4. The molecule has 0 saturated carbocycles. The highest BCUT2D eigenvalue weighted by atomic mass is 16.4. The number of hydrogen-bond donors (Lipinski definition) is 2. The van der Waals surface area contributed by atoms with Gasteiger partial charge in [0.1, 0.15) is 5.76 Å². The van der Waals surface area contributed by atoms with Crippen molar-refractivity contribution in [2.75, 3.05) is 0 Å². The van der Waals surface area contributed by atoms with Crippen LogP contribution in [0.3, 0.4) is 0 Å². The van der Waals surface area contributed by atoms with Crippen molar-refractivity contribution in [1.29, 1.82) is 0 Å². The molecule has 0 aliphatic carbocycles. The summed E-state index contributed by atoms with van der Waals surface area (Å²) in [5.41, 5.74) is 0.602. The largest absolute Gasteiger partial charge is 0.475 e. The summed E-state index contributed by atoms with van der Waals surface area (Å²) in [6.45, 7) is 2.83. The molecule has 0 radical (unpaired) electrons. The highest BCUT2D eigenvalue weighted by Crippen LogP contribution is 2.10. The van der Waals surface area contributed by atoms with Gasteiger partial charge in [0.15, 0.2) is 0 Å². The normalized spacial score (nSPS) is 10.7. The molecule has 18 heavy (non-hydrogen) atoms. The van der Waals surface area contributed by atoms with Crippen molar-refractivity contribution in [3.05, 3.63) is 41.5 Å². The van der Waals surface area contributed by atoms with Crippen molar-refractivity contribution in [3.8, 4) is 0 Å². The summed E-state index contributed by atoms with van der Waals surface area (Å²) in [7, 11) is 0. The lowest BCUT2D eigenvalue weighted by atomic mass is 10.2. The monoisotopic (exact) mass is 250 g/mol. The Bertz CT molecular complexity index is 530. The van der Waals surface area contributed by atoms with Gasteiger partial charge in [-0.1, -0.05) is 6.92 Å². The lowest BCUT2D eigenvalue weighted by molar-refractivity contribution is 0.0660. The number of carboxylic acid groups (broad SMARTS) is 1. The van der Waals surface area contributed by atoms with Gasteiger partial charge in [-0.25, -0.2) is 9.78 Å². The number of furan rings is 1. The van der Waals surface area contributed by atoms with Crippen LogP contribution in [0.25, 0.3) is 0 Å². The molecule has 96 valence electrons. The second-order valence-corrected chi connectivity index (χ2v) is 3.76. The van der Waals surface area contributed by atoms with Crippen LogP contribution in [0.2, 0.25) is 0 Å². The lowest BCUT2D eigenvalue weighted by Crippen LogP contribution is -2.14. The first-order valence-corrected chi connectivity index (χ1v) is 5.64. The summed E-state index contributed by atoms with van der Waals surface area (Å²) < 4.78 is 10.3. The third-order valence-electron chi connectivity index (χ3n) is 2.48. The Morgan fingerprint density at radius 2 is 2.33 bits per heavy atom. The number of nitrogens with zero attached hydrogens (tertiary/aromatic N) is 1. The Hall–Kier alpha value is -2.08. The number of carbonyl (C=O) groups is 1. The van der Waals surface area contributed by atoms with E-state index in [0.29, 0.717) is 24.5 Å². The Labute approximate surface area is 104 Å². The van der Waals surface area contributed by atoms with Gasteiger partial charge >= 0.3 is 5.97 Å². The fourth-order valence-corrected chi connectivity index (χ4v) is 1.56. The van der Waals surface area contributed by atoms with E-state index in [2.05, 4.69) is 10.3 Å². The van der Waals surface area contributed by atoms with Crippen LogP contribution < -0.4 is 5.32 Å². The highest BCUT2D eigenvalue weighted by molar-refractivity contribution is 5.86. The summed E-state index contributed by atoms with van der Waals surface area (Å²) >= 11 is 0. The van der Waals surface area contributed by atoms with Crippen LogP contribution in [0.15, 0.2) is 27.4 Å². The van der Waals surface area contributed by atoms with Crippen LogP contribution in [-0.2, 0) is 19.5 Å². The molecule has 2 aromatic heterocycles. The molecule has 2 aromatic rings. The Morgan fingerprint density at radius 1 is 1.50 bits per heavy atom. The minimum atomic E-state index is -1.07. The summed E-state index contributed by atoms with van der Waals surface area (Å²) in [5.74, 6) is 0.318. The number of nitrogens with one attached hydrogen (secondary N) is 1. The predicted molar refractivity (Wildman–Crippen MR) is 62.1 cm³/mol. The molecule has 6 nitrogen and oxygen atoms in total. The van der Waals surface area contributed by atoms with Crippen molar-refractivity contribution in [1.82, 2.24) is 10.3 Å². The van der Waals surface area contributed by atoms with Crippen molar-refractivity contribution in [2.45, 2.75) is 26.4 Å². The quantitative estimate of drug-likeness (QED) is 0.812. The van der Waals surface area contributed by atoms with Gasteiger partial charge in [-0.3, -0.25) is 0 Å². The van der Waals surface area contributed by atoms with E-state index in [1.54, 1.807) is 12.3 Å². The second-order valence-electron chi connectivity index (χ2n) is 3.76. The molecule has 0 amide bonds. The van der Waals surface area contributed by atoms with Crippen molar-refractivity contribution < 1.29 is 18.7 Å². The number of hydrogen-bond acceptors (Lipinski definition) is 5. The standard InChI is InChI=1S/C12H14N2O4/c1-2-9-6-14-10(18-9)7-13-5-8-3-4-17-11(8)12(15)16/h3-4,6,13H,2,5,7H2,1H3,(H,15,16). The van der Waals surface area contributed by atoms with E-state index in [9.17, 15) is 4.79 Å². The van der Waals surface area contributed by atoms with Gasteiger partial charge in [0.05, 0.1) is 19.0 Å². The fourth-order valence-electron chi connectivity index (χ4n) is 1.56. The molecule has 2 rings (SSSR count). The molecule has 0 spiro atoms. The van der Waals surface area contributed by atoms with Gasteiger partial charge in [0, 0.05) is 18.5 Å². The van der Waals surface area contributed by atoms with Crippen LogP contribution >= 0.6 is 0 Å². The molecule has 0 aliphatic rings. The van der Waals surface area contributed by atoms with Crippen molar-refractivity contribution in [2.24, 2.45) is 0 Å². The van der Waals surface area contributed by atoms with Crippen molar-refractivity contribution in [3.63, 3.8) is 0 Å². The first-order valence-electron chi connectivity index (χ1n) is 5.64. The summed E-state index contributed by atoms with van der Waals surface area (Å²) in [4.78, 5) is 14.9. The lowest BCUT2D eigenvalue weighted by Gasteiger charge is -2.00. The van der Waals surface area contributed by atoms with Crippen LogP contribution in [0.5, 0.6) is 0 Å². The van der Waals surface area contributed by atoms with Gasteiger partial charge in [-0.05, 0) is 6.07 Å². The van der Waals surface area contributed by atoms with E-state index >= 15 is 0 Å². The first-order chi connectivity index (χ1) is 8.70. The zero-order chi connectivity index (χ0) is 13.0. The van der Waals surface area contributed by atoms with E-state index in [-0.39, 0.29) is 5.76 Å². The van der Waals surface area contributed by atoms with Gasteiger partial charge in [-0.15, -0.1) is 0 Å². The van der Waals surface area contributed by atoms with E-state index in [1.165, 1.54) is 6.26 Å². The van der Waals surface area contributed by atoms with Crippen LogP contribution in [0.1, 0.15) is 34.7 Å². The number of oxazole rings is 1. The number of aromatic nitrogens is 1. The predicted octanol–water partition coefficient (Wildman–Crippen LogP) is 1.82. The van der Waals surface area contributed by atoms with E-state index in [4.69, 9.17) is 13.9 Å². The molecule has 0 aliphatic heterocycles. The summed E-state index contributed by atoms with van der Waals surface area (Å²) in [5, 5.41) is 11.9. The van der Waals surface area contributed by atoms with Crippen LogP contribution in [-0.4, -0.2) is 16.1 Å². The van der Waals surface area contributed by atoms with Crippen LogP contribution in [0, 0.1) is 0 Å². The van der Waals surface area contributed by atoms with E-state index in [0.717, 1.165) is 12.2 Å². The SMILES string of the molecule is CCc1cnc(CNCc2ccoc2C(=O)O)o1. The molecule has 2 N–H and O–H groups in total. The minimum Gasteiger partial charge on any atom is -0.475 e. The van der Waals surface area contributed by atoms with Gasteiger partial charge in [-0.2, -0.15) is 0 Å². The molecule has 0 saturated heterocycles. The third-order valence-corrected chi connectivity index (χ3v) is 2.48. The number of aromatic carboxylic acids is 1. The zero-order valence-corrected chi connectivity index (χ0v) is 9.97. The van der Waals surface area contributed by atoms with Gasteiger partial charge in [0.2, 0.25) is 11.7 Å². The number of aryl methyl sites for hydroxylation is 1. The maximum absolute atomic E-state index is 10.8. The molecule has 0 atom stereocenters. The van der Waals surface area contributed by atoms with Gasteiger partial charge < -0.3 is 19.3 Å². The molecule has 6 heteroatoms. The Balaban J connectivity index is 1.88. The zero-order valence-electron chi connectivity index (χ0n) is 9.97. The smallest absolute Gasteiger partial charge is 0.372 e. The van der Waals surface area contributed by atoms with E-state index < -0.39 is 5.97 Å². The van der Waals surface area contributed by atoms with Crippen LogP contribution in [0.4, 0.5) is 0 Å².